The Morgan fingerprint density at radius 1 is 1.04 bits per heavy atom. The third kappa shape index (κ3) is 3.63. The van der Waals surface area contributed by atoms with Crippen molar-refractivity contribution in [2.24, 2.45) is 11.8 Å². The molecule has 0 unspecified atom stereocenters. The molecule has 1 saturated carbocycles. The molecule has 3 heteroatoms. The summed E-state index contributed by atoms with van der Waals surface area (Å²) in [5.74, 6) is 7.69. The van der Waals surface area contributed by atoms with E-state index >= 15 is 0 Å². The molecule has 1 aromatic rings. The lowest BCUT2D eigenvalue weighted by molar-refractivity contribution is -0.931. The SMILES string of the molecule is CO[C@]1(C#C[C@](O)(c2ccccc2)C2CCCCCC2)C[N+]2(C)CCC1CC2. The van der Waals surface area contributed by atoms with Gasteiger partial charge in [0.15, 0.2) is 11.2 Å². The molecule has 1 aromatic carbocycles. The molecule has 3 saturated heterocycles. The molecule has 0 spiro atoms. The number of fused-ring (bicyclic) bond motifs is 3. The van der Waals surface area contributed by atoms with Crippen LogP contribution in [0.3, 0.4) is 0 Å². The number of quaternary nitrogens is 1. The first-order valence-corrected chi connectivity index (χ1v) is 11.2. The van der Waals surface area contributed by atoms with Gasteiger partial charge < -0.3 is 14.3 Å². The average Bonchev–Trinajstić information content (AvgIpc) is 3.03. The Morgan fingerprint density at radius 2 is 1.68 bits per heavy atom. The normalized spacial score (nSPS) is 35.5. The zero-order valence-electron chi connectivity index (χ0n) is 17.6. The average molecular weight is 383 g/mol. The minimum absolute atomic E-state index is 0.199. The number of nitrogens with zero attached hydrogens (tertiary/aromatic N) is 1. The summed E-state index contributed by atoms with van der Waals surface area (Å²) in [4.78, 5) is 0. The van der Waals surface area contributed by atoms with Crippen LogP contribution in [0.4, 0.5) is 0 Å². The molecule has 3 nitrogen and oxygen atoms in total. The molecule has 0 radical (unpaired) electrons. The quantitative estimate of drug-likeness (QED) is 0.484. The smallest absolute Gasteiger partial charge is 0.179 e. The van der Waals surface area contributed by atoms with E-state index < -0.39 is 11.2 Å². The van der Waals surface area contributed by atoms with Gasteiger partial charge in [-0.05, 0) is 18.4 Å². The second-order valence-electron chi connectivity index (χ2n) is 9.66. The maximum Gasteiger partial charge on any atom is 0.179 e. The van der Waals surface area contributed by atoms with E-state index in [-0.39, 0.29) is 5.92 Å². The van der Waals surface area contributed by atoms with Crippen molar-refractivity contribution >= 4 is 0 Å². The van der Waals surface area contributed by atoms with Gasteiger partial charge in [0.1, 0.15) is 6.54 Å². The molecule has 0 aromatic heterocycles. The van der Waals surface area contributed by atoms with Gasteiger partial charge in [0.05, 0.1) is 20.1 Å². The number of piperidine rings is 3. The largest absolute Gasteiger partial charge is 0.373 e. The van der Waals surface area contributed by atoms with Crippen molar-refractivity contribution in [3.8, 4) is 11.8 Å². The third-order valence-corrected chi connectivity index (χ3v) is 7.80. The minimum atomic E-state index is -1.08. The minimum Gasteiger partial charge on any atom is -0.373 e. The van der Waals surface area contributed by atoms with Crippen LogP contribution < -0.4 is 0 Å². The number of aliphatic hydroxyl groups is 1. The molecule has 1 aliphatic carbocycles. The van der Waals surface area contributed by atoms with Crippen LogP contribution in [0.25, 0.3) is 0 Å². The van der Waals surface area contributed by atoms with Crippen LogP contribution in [0.5, 0.6) is 0 Å². The van der Waals surface area contributed by atoms with E-state index in [1.807, 2.05) is 37.4 Å². The van der Waals surface area contributed by atoms with Crippen LogP contribution in [0, 0.1) is 23.7 Å². The summed E-state index contributed by atoms with van der Waals surface area (Å²) in [6.07, 6.45) is 9.37. The van der Waals surface area contributed by atoms with E-state index in [0.29, 0.717) is 5.92 Å². The Hall–Kier alpha value is -1.34. The fraction of sp³-hybridized carbons (Fsp3) is 0.680. The molecular formula is C25H36NO2+. The molecule has 4 fully saturated rings. The highest BCUT2D eigenvalue weighted by molar-refractivity contribution is 5.35. The number of ether oxygens (including phenoxy) is 1. The van der Waals surface area contributed by atoms with Crippen LogP contribution in [0.2, 0.25) is 0 Å². The predicted octanol–water partition coefficient (Wildman–Crippen LogP) is 4.10. The molecule has 28 heavy (non-hydrogen) atoms. The Kier molecular flexibility index (Phi) is 5.58. The van der Waals surface area contributed by atoms with E-state index in [1.165, 1.54) is 51.6 Å². The number of rotatable bonds is 3. The van der Waals surface area contributed by atoms with Crippen LogP contribution in [0.15, 0.2) is 30.3 Å². The number of hydrogen-bond donors (Lipinski definition) is 1. The van der Waals surface area contributed by atoms with Gasteiger partial charge >= 0.3 is 0 Å². The summed E-state index contributed by atoms with van der Waals surface area (Å²) in [6.45, 7) is 3.39. The van der Waals surface area contributed by atoms with Crippen molar-refractivity contribution in [2.75, 3.05) is 33.8 Å². The van der Waals surface area contributed by atoms with Gasteiger partial charge in [-0.3, -0.25) is 0 Å². The fourth-order valence-electron chi connectivity index (χ4n) is 5.94. The van der Waals surface area contributed by atoms with Crippen LogP contribution >= 0.6 is 0 Å². The van der Waals surface area contributed by atoms with E-state index in [9.17, 15) is 5.11 Å². The number of benzene rings is 1. The summed E-state index contributed by atoms with van der Waals surface area (Å²) in [7, 11) is 4.15. The lowest BCUT2D eigenvalue weighted by Gasteiger charge is -2.54. The fourth-order valence-corrected chi connectivity index (χ4v) is 5.94. The van der Waals surface area contributed by atoms with Crippen LogP contribution in [-0.2, 0) is 10.3 Å². The van der Waals surface area contributed by atoms with Crippen molar-refractivity contribution in [1.82, 2.24) is 0 Å². The Labute approximate surface area is 170 Å². The van der Waals surface area contributed by atoms with Crippen LogP contribution in [-0.4, -0.2) is 49.0 Å². The standard InChI is InChI=1S/C25H36NO2/c1-26-18-14-21(15-19-26)24(20-26,28-2)16-17-25(27,23-12-8-5-9-13-23)22-10-6-3-4-7-11-22/h5,8-9,12-13,21-22,27H,3-4,6-7,10-11,14-15,18-20H2,1-2H3/q+1/t21?,24-,25-,26?/m1/s1. The number of methoxy groups -OCH3 is 1. The van der Waals surface area contributed by atoms with Crippen molar-refractivity contribution in [1.29, 1.82) is 0 Å². The van der Waals surface area contributed by atoms with E-state index in [2.05, 4.69) is 18.9 Å². The summed E-state index contributed by atoms with van der Waals surface area (Å²) < 4.78 is 7.17. The topological polar surface area (TPSA) is 29.5 Å². The first kappa shape index (κ1) is 20.0. The molecule has 152 valence electrons. The van der Waals surface area contributed by atoms with E-state index in [0.717, 1.165) is 29.4 Å². The van der Waals surface area contributed by atoms with E-state index in [4.69, 9.17) is 4.74 Å². The summed E-state index contributed by atoms with van der Waals surface area (Å²) in [5, 5.41) is 12.0. The molecule has 2 bridgehead atoms. The molecule has 3 heterocycles. The summed E-state index contributed by atoms with van der Waals surface area (Å²) in [6, 6.07) is 10.1. The molecule has 5 rings (SSSR count). The highest BCUT2D eigenvalue weighted by atomic mass is 16.5. The lowest BCUT2D eigenvalue weighted by Crippen LogP contribution is -2.67. The molecule has 1 N–H and O–H groups in total. The van der Waals surface area contributed by atoms with Crippen molar-refractivity contribution in [3.05, 3.63) is 35.9 Å². The summed E-state index contributed by atoms with van der Waals surface area (Å²) in [5.41, 5.74) is -0.553. The predicted molar refractivity (Wildman–Crippen MR) is 113 cm³/mol. The van der Waals surface area contributed by atoms with Crippen LogP contribution in [0.1, 0.15) is 56.9 Å². The zero-order valence-corrected chi connectivity index (χ0v) is 17.6. The van der Waals surface area contributed by atoms with Gasteiger partial charge in [0, 0.05) is 31.8 Å². The Bertz CT molecular complexity index is 720. The van der Waals surface area contributed by atoms with Gasteiger partial charge in [-0.1, -0.05) is 67.9 Å². The lowest BCUT2D eigenvalue weighted by atomic mass is 9.72. The van der Waals surface area contributed by atoms with Crippen molar-refractivity contribution in [3.63, 3.8) is 0 Å². The molecule has 3 aliphatic heterocycles. The summed E-state index contributed by atoms with van der Waals surface area (Å²) >= 11 is 0. The zero-order chi connectivity index (χ0) is 19.7. The van der Waals surface area contributed by atoms with Gasteiger partial charge in [-0.25, -0.2) is 0 Å². The second kappa shape index (κ2) is 7.82. The maximum atomic E-state index is 12.0. The first-order valence-electron chi connectivity index (χ1n) is 11.2. The van der Waals surface area contributed by atoms with E-state index in [1.54, 1.807) is 0 Å². The highest BCUT2D eigenvalue weighted by Gasteiger charge is 2.54. The van der Waals surface area contributed by atoms with Gasteiger partial charge in [0.25, 0.3) is 0 Å². The monoisotopic (exact) mass is 382 g/mol. The van der Waals surface area contributed by atoms with Crippen molar-refractivity contribution < 1.29 is 14.3 Å². The van der Waals surface area contributed by atoms with Gasteiger partial charge in [0.2, 0.25) is 0 Å². The first-order chi connectivity index (χ1) is 13.5. The number of likely N-dealkylation sites (N-methyl/N-ethyl adjacent to an activating group) is 1. The Balaban J connectivity index is 1.72. The third-order valence-electron chi connectivity index (χ3n) is 7.80. The molecular weight excluding hydrogens is 346 g/mol. The molecule has 4 aliphatic rings. The maximum absolute atomic E-state index is 12.0. The second-order valence-corrected chi connectivity index (χ2v) is 9.66. The highest BCUT2D eigenvalue weighted by Crippen LogP contribution is 2.43. The molecule has 2 atom stereocenters. The van der Waals surface area contributed by atoms with Crippen molar-refractivity contribution in [2.45, 2.75) is 62.6 Å². The van der Waals surface area contributed by atoms with Gasteiger partial charge in [-0.15, -0.1) is 0 Å². The number of hydrogen-bond acceptors (Lipinski definition) is 2. The van der Waals surface area contributed by atoms with Gasteiger partial charge in [-0.2, -0.15) is 0 Å². The molecule has 0 amide bonds. The Morgan fingerprint density at radius 3 is 2.25 bits per heavy atom.